The Labute approximate surface area is 177 Å². The van der Waals surface area contributed by atoms with E-state index in [-0.39, 0.29) is 0 Å². The molecule has 0 aliphatic carbocycles. The van der Waals surface area contributed by atoms with Crippen LogP contribution in [0.1, 0.15) is 13.8 Å². The molecule has 0 saturated carbocycles. The fourth-order valence-electron chi connectivity index (χ4n) is 4.65. The highest BCUT2D eigenvalue weighted by atomic mass is 16.9. The number of ether oxygens (including phenoxy) is 6. The number of fused-ring (bicyclic) bond motifs is 1. The van der Waals surface area contributed by atoms with E-state index < -0.39 is 98.7 Å². The molecule has 4 heterocycles. The molecule has 12 atom stereocenters. The van der Waals surface area contributed by atoms with Gasteiger partial charge in [-0.25, -0.2) is 0 Å². The van der Waals surface area contributed by atoms with Gasteiger partial charge in [0.15, 0.2) is 24.0 Å². The minimum absolute atomic E-state index is 0.476. The van der Waals surface area contributed by atoms with Crippen molar-refractivity contribution in [3.63, 3.8) is 0 Å². The molecule has 4 fully saturated rings. The van der Waals surface area contributed by atoms with Gasteiger partial charge in [0.1, 0.15) is 54.9 Å². The molecule has 13 nitrogen and oxygen atoms in total. The van der Waals surface area contributed by atoms with Crippen LogP contribution >= 0.6 is 0 Å². The van der Waals surface area contributed by atoms with Gasteiger partial charge in [-0.05, 0) is 13.8 Å². The van der Waals surface area contributed by atoms with Crippen molar-refractivity contribution >= 4 is 0 Å². The summed E-state index contributed by atoms with van der Waals surface area (Å²) in [6.07, 6.45) is -14.5. The van der Waals surface area contributed by atoms with Gasteiger partial charge in [0.25, 0.3) is 0 Å². The first-order valence-corrected chi connectivity index (χ1v) is 10.1. The van der Waals surface area contributed by atoms with Crippen molar-refractivity contribution in [2.24, 2.45) is 0 Å². The summed E-state index contributed by atoms with van der Waals surface area (Å²) in [7, 11) is 0. The lowest BCUT2D eigenvalue weighted by Crippen LogP contribution is -2.62. The van der Waals surface area contributed by atoms with Crippen LogP contribution in [-0.2, 0) is 28.4 Å². The van der Waals surface area contributed by atoms with E-state index in [1.165, 1.54) is 0 Å². The maximum atomic E-state index is 11.4. The highest BCUT2D eigenvalue weighted by Crippen LogP contribution is 2.45. The van der Waals surface area contributed by atoms with Gasteiger partial charge in [-0.15, -0.1) is 0 Å². The third-order valence-electron chi connectivity index (χ3n) is 6.23. The summed E-state index contributed by atoms with van der Waals surface area (Å²) >= 11 is 0. The zero-order valence-corrected chi connectivity index (χ0v) is 17.1. The average Bonchev–Trinajstić information content (AvgIpc) is 3.37. The summed E-state index contributed by atoms with van der Waals surface area (Å²) in [5.41, 5.74) is -2.45. The molecule has 0 aromatic heterocycles. The Balaban J connectivity index is 1.61. The fourth-order valence-corrected chi connectivity index (χ4v) is 4.65. The maximum Gasteiger partial charge on any atom is 0.192 e. The average molecular weight is 454 g/mol. The van der Waals surface area contributed by atoms with Crippen LogP contribution < -0.4 is 0 Å². The third kappa shape index (κ3) is 3.71. The maximum absolute atomic E-state index is 11.4. The summed E-state index contributed by atoms with van der Waals surface area (Å²) in [5, 5.41) is 71.2. The van der Waals surface area contributed by atoms with Gasteiger partial charge < -0.3 is 64.2 Å². The molecule has 4 saturated heterocycles. The Kier molecular flexibility index (Phi) is 6.37. The number of hydrogen-bond donors (Lipinski definition) is 7. The molecule has 0 unspecified atom stereocenters. The SMILES string of the molecule is CC1(C)O[C@H]2O[C@H](CO)[C@@H](O[C@H]3O[C@H](CO)[C@@H](O)[C@]3(O)[C@@H]3O[C@H](CO)[C@@H](O)[C@H]3O)[C@H]2O1. The van der Waals surface area contributed by atoms with Crippen LogP contribution in [0.4, 0.5) is 0 Å². The van der Waals surface area contributed by atoms with Gasteiger partial charge >= 0.3 is 0 Å². The lowest BCUT2D eigenvalue weighted by atomic mass is 9.85. The van der Waals surface area contributed by atoms with E-state index in [1.54, 1.807) is 13.8 Å². The first-order chi connectivity index (χ1) is 14.6. The van der Waals surface area contributed by atoms with Gasteiger partial charge in [-0.1, -0.05) is 0 Å². The van der Waals surface area contributed by atoms with E-state index in [1.807, 2.05) is 0 Å². The Morgan fingerprint density at radius 1 is 0.806 bits per heavy atom. The van der Waals surface area contributed by atoms with E-state index in [4.69, 9.17) is 28.4 Å². The van der Waals surface area contributed by atoms with Gasteiger partial charge in [0.05, 0.1) is 19.8 Å². The molecule has 4 aliphatic rings. The number of rotatable bonds is 6. The van der Waals surface area contributed by atoms with Crippen molar-refractivity contribution in [1.82, 2.24) is 0 Å². The van der Waals surface area contributed by atoms with E-state index in [0.29, 0.717) is 0 Å². The van der Waals surface area contributed by atoms with Crippen LogP contribution in [0.3, 0.4) is 0 Å². The van der Waals surface area contributed by atoms with Crippen molar-refractivity contribution < 1.29 is 64.2 Å². The molecule has 7 N–H and O–H groups in total. The zero-order chi connectivity index (χ0) is 22.7. The zero-order valence-electron chi connectivity index (χ0n) is 17.1. The van der Waals surface area contributed by atoms with Crippen LogP contribution in [-0.4, -0.2) is 134 Å². The molecule has 0 aromatic carbocycles. The second-order valence-electron chi connectivity index (χ2n) is 8.71. The van der Waals surface area contributed by atoms with Crippen LogP contribution in [0.2, 0.25) is 0 Å². The largest absolute Gasteiger partial charge is 0.394 e. The molecule has 0 radical (unpaired) electrons. The summed E-state index contributed by atoms with van der Waals surface area (Å²) < 4.78 is 33.9. The van der Waals surface area contributed by atoms with Gasteiger partial charge in [-0.2, -0.15) is 0 Å². The van der Waals surface area contributed by atoms with Crippen LogP contribution in [0, 0.1) is 0 Å². The van der Waals surface area contributed by atoms with Crippen molar-refractivity contribution in [2.45, 2.75) is 92.8 Å². The monoisotopic (exact) mass is 454 g/mol. The van der Waals surface area contributed by atoms with Gasteiger partial charge in [0.2, 0.25) is 0 Å². The Morgan fingerprint density at radius 3 is 2.03 bits per heavy atom. The number of aliphatic hydroxyl groups is 7. The van der Waals surface area contributed by atoms with E-state index >= 15 is 0 Å². The van der Waals surface area contributed by atoms with Crippen LogP contribution in [0.5, 0.6) is 0 Å². The molecule has 0 aromatic rings. The van der Waals surface area contributed by atoms with Crippen molar-refractivity contribution in [3.8, 4) is 0 Å². The van der Waals surface area contributed by atoms with Gasteiger partial charge in [0, 0.05) is 0 Å². The normalized spacial score (nSPS) is 53.9. The Morgan fingerprint density at radius 2 is 1.45 bits per heavy atom. The molecule has 31 heavy (non-hydrogen) atoms. The molecule has 0 bridgehead atoms. The molecule has 0 spiro atoms. The lowest BCUT2D eigenvalue weighted by Gasteiger charge is -2.38. The molecular weight excluding hydrogens is 424 g/mol. The number of aliphatic hydroxyl groups excluding tert-OH is 6. The van der Waals surface area contributed by atoms with Crippen molar-refractivity contribution in [2.75, 3.05) is 19.8 Å². The topological polar surface area (TPSA) is 197 Å². The van der Waals surface area contributed by atoms with Gasteiger partial charge in [-0.3, -0.25) is 0 Å². The van der Waals surface area contributed by atoms with Crippen molar-refractivity contribution in [1.29, 1.82) is 0 Å². The smallest absolute Gasteiger partial charge is 0.192 e. The standard InChI is InChI=1S/C18H30O13/c1-17(2)30-12-11(7(4-20)27-15(12)31-17)29-16-18(25,13(24)8(5-21)28-16)14-10(23)9(22)6(3-19)26-14/h6-16,19-25H,3-5H2,1-2H3/t6-,7-,8-,9-,10-,11-,12-,13-,14-,15-,16-,18+/m1/s1. The fraction of sp³-hybridized carbons (Fsp3) is 1.00. The molecule has 13 heteroatoms. The van der Waals surface area contributed by atoms with Crippen LogP contribution in [0.25, 0.3) is 0 Å². The minimum atomic E-state index is -2.45. The molecule has 4 aliphatic heterocycles. The second kappa shape index (κ2) is 8.36. The first-order valence-electron chi connectivity index (χ1n) is 10.1. The van der Waals surface area contributed by atoms with E-state index in [0.717, 1.165) is 0 Å². The summed E-state index contributed by atoms with van der Waals surface area (Å²) in [5.74, 6) is -0.999. The molecule has 180 valence electrons. The third-order valence-corrected chi connectivity index (χ3v) is 6.23. The lowest BCUT2D eigenvalue weighted by molar-refractivity contribution is -0.286. The van der Waals surface area contributed by atoms with Crippen LogP contribution in [0.15, 0.2) is 0 Å². The molecule has 0 amide bonds. The summed E-state index contributed by atoms with van der Waals surface area (Å²) in [6.45, 7) is 1.50. The predicted molar refractivity (Wildman–Crippen MR) is 95.1 cm³/mol. The second-order valence-corrected chi connectivity index (χ2v) is 8.71. The summed E-state index contributed by atoms with van der Waals surface area (Å²) in [4.78, 5) is 0. The highest BCUT2D eigenvalue weighted by molar-refractivity contribution is 5.12. The van der Waals surface area contributed by atoms with E-state index in [9.17, 15) is 35.7 Å². The Hall–Kier alpha value is -0.520. The molecule has 4 rings (SSSR count). The Bertz CT molecular complexity index is 648. The quantitative estimate of drug-likeness (QED) is 0.203. The predicted octanol–water partition coefficient (Wildman–Crippen LogP) is -4.47. The number of hydrogen-bond acceptors (Lipinski definition) is 13. The van der Waals surface area contributed by atoms with Crippen molar-refractivity contribution in [3.05, 3.63) is 0 Å². The molecular formula is C18H30O13. The summed E-state index contributed by atoms with van der Waals surface area (Å²) in [6, 6.07) is 0. The van der Waals surface area contributed by atoms with E-state index in [2.05, 4.69) is 0 Å². The minimum Gasteiger partial charge on any atom is -0.394 e. The first kappa shape index (κ1) is 23.6. The highest BCUT2D eigenvalue weighted by Gasteiger charge is 2.67.